The molecule has 0 aliphatic heterocycles. The van der Waals surface area contributed by atoms with Crippen LogP contribution in [0.1, 0.15) is 25.1 Å². The summed E-state index contributed by atoms with van der Waals surface area (Å²) in [5, 5.41) is 0. The summed E-state index contributed by atoms with van der Waals surface area (Å²) in [7, 11) is 0. The molecule has 1 heterocycles. The molecule has 0 bridgehead atoms. The molecule has 1 aliphatic rings. The Hall–Kier alpha value is -1.32. The maximum Gasteiger partial charge on any atom is 0.252 e. The maximum absolute atomic E-state index is 11.0. The number of nitrogen functional groups attached to an aromatic ring is 1. The molecule has 2 unspecified atom stereocenters. The summed E-state index contributed by atoms with van der Waals surface area (Å²) in [6.45, 7) is 2.13. The molecule has 0 radical (unpaired) electrons. The van der Waals surface area contributed by atoms with Gasteiger partial charge in [-0.1, -0.05) is 6.92 Å². The Labute approximate surface area is 69.8 Å². The van der Waals surface area contributed by atoms with Crippen LogP contribution in [0.3, 0.4) is 0 Å². The SMILES string of the molecule is CC1CC1c1nc(N)cc(=O)[nH]1. The largest absolute Gasteiger partial charge is 0.383 e. The molecule has 4 nitrogen and oxygen atoms in total. The van der Waals surface area contributed by atoms with Crippen molar-refractivity contribution in [1.82, 2.24) is 9.97 Å². The lowest BCUT2D eigenvalue weighted by Crippen LogP contribution is -2.11. The summed E-state index contributed by atoms with van der Waals surface area (Å²) in [6.07, 6.45) is 1.10. The van der Waals surface area contributed by atoms with Crippen molar-refractivity contribution in [2.24, 2.45) is 5.92 Å². The Balaban J connectivity index is 2.39. The number of hydrogen-bond donors (Lipinski definition) is 2. The van der Waals surface area contributed by atoms with Crippen molar-refractivity contribution in [2.45, 2.75) is 19.3 Å². The van der Waals surface area contributed by atoms with Gasteiger partial charge in [-0.15, -0.1) is 0 Å². The molecule has 12 heavy (non-hydrogen) atoms. The van der Waals surface area contributed by atoms with Gasteiger partial charge in [0.05, 0.1) is 0 Å². The van der Waals surface area contributed by atoms with Crippen molar-refractivity contribution in [1.29, 1.82) is 0 Å². The molecule has 4 heteroatoms. The summed E-state index contributed by atoms with van der Waals surface area (Å²) >= 11 is 0. The Kier molecular flexibility index (Phi) is 1.43. The highest BCUT2D eigenvalue weighted by molar-refractivity contribution is 5.27. The standard InChI is InChI=1S/C8H11N3O/c1-4-2-5(4)8-10-6(9)3-7(12)11-8/h3-5H,2H2,1H3,(H3,9,10,11,12). The van der Waals surface area contributed by atoms with E-state index in [4.69, 9.17) is 5.73 Å². The van der Waals surface area contributed by atoms with Gasteiger partial charge in [-0.3, -0.25) is 4.79 Å². The number of aromatic amines is 1. The zero-order valence-electron chi connectivity index (χ0n) is 6.87. The second kappa shape index (κ2) is 2.33. The van der Waals surface area contributed by atoms with Gasteiger partial charge in [0, 0.05) is 12.0 Å². The molecule has 0 saturated heterocycles. The predicted octanol–water partition coefficient (Wildman–Crippen LogP) is 0.475. The smallest absolute Gasteiger partial charge is 0.252 e. The summed E-state index contributed by atoms with van der Waals surface area (Å²) in [6, 6.07) is 1.30. The molecule has 2 rings (SSSR count). The van der Waals surface area contributed by atoms with E-state index in [0.717, 1.165) is 12.2 Å². The Morgan fingerprint density at radius 1 is 1.75 bits per heavy atom. The van der Waals surface area contributed by atoms with Gasteiger partial charge in [-0.25, -0.2) is 4.98 Å². The second-order valence-corrected chi connectivity index (χ2v) is 3.37. The molecule has 1 fully saturated rings. The number of nitrogens with zero attached hydrogens (tertiary/aromatic N) is 1. The Morgan fingerprint density at radius 3 is 2.92 bits per heavy atom. The third kappa shape index (κ3) is 1.20. The van der Waals surface area contributed by atoms with Crippen LogP contribution in [-0.4, -0.2) is 9.97 Å². The van der Waals surface area contributed by atoms with Crippen LogP contribution >= 0.6 is 0 Å². The molecule has 1 aromatic heterocycles. The minimum atomic E-state index is -0.156. The number of nitrogens with two attached hydrogens (primary N) is 1. The van der Waals surface area contributed by atoms with E-state index < -0.39 is 0 Å². The van der Waals surface area contributed by atoms with E-state index in [2.05, 4.69) is 16.9 Å². The van der Waals surface area contributed by atoms with Crippen molar-refractivity contribution >= 4 is 5.82 Å². The van der Waals surface area contributed by atoms with Crippen LogP contribution in [-0.2, 0) is 0 Å². The van der Waals surface area contributed by atoms with E-state index in [1.807, 2.05) is 0 Å². The van der Waals surface area contributed by atoms with E-state index in [1.165, 1.54) is 6.07 Å². The van der Waals surface area contributed by atoms with Gasteiger partial charge in [-0.05, 0) is 12.3 Å². The highest BCUT2D eigenvalue weighted by Gasteiger charge is 2.36. The maximum atomic E-state index is 11.0. The normalized spacial score (nSPS) is 27.1. The van der Waals surface area contributed by atoms with Gasteiger partial charge in [0.25, 0.3) is 5.56 Å². The third-order valence-corrected chi connectivity index (χ3v) is 2.24. The second-order valence-electron chi connectivity index (χ2n) is 3.37. The van der Waals surface area contributed by atoms with Gasteiger partial charge in [0.1, 0.15) is 11.6 Å². The molecule has 0 spiro atoms. The average molecular weight is 165 g/mol. The molecular weight excluding hydrogens is 154 g/mol. The Morgan fingerprint density at radius 2 is 2.42 bits per heavy atom. The molecular formula is C8H11N3O. The van der Waals surface area contributed by atoms with Crippen molar-refractivity contribution in [2.75, 3.05) is 5.73 Å². The molecule has 3 N–H and O–H groups in total. The lowest BCUT2D eigenvalue weighted by atomic mass is 10.3. The minimum Gasteiger partial charge on any atom is -0.383 e. The van der Waals surface area contributed by atoms with Crippen LogP contribution in [0.15, 0.2) is 10.9 Å². The van der Waals surface area contributed by atoms with Crippen molar-refractivity contribution in [3.05, 3.63) is 22.2 Å². The van der Waals surface area contributed by atoms with Gasteiger partial charge in [-0.2, -0.15) is 0 Å². The lowest BCUT2D eigenvalue weighted by molar-refractivity contribution is 0.836. The van der Waals surface area contributed by atoms with Crippen LogP contribution in [0, 0.1) is 5.92 Å². The fraction of sp³-hybridized carbons (Fsp3) is 0.500. The first-order valence-corrected chi connectivity index (χ1v) is 4.03. The molecule has 1 aliphatic carbocycles. The first kappa shape index (κ1) is 7.34. The van der Waals surface area contributed by atoms with E-state index in [1.54, 1.807) is 0 Å². The first-order valence-electron chi connectivity index (χ1n) is 4.03. The quantitative estimate of drug-likeness (QED) is 0.635. The summed E-state index contributed by atoms with van der Waals surface area (Å²) in [4.78, 5) is 17.7. The predicted molar refractivity (Wildman–Crippen MR) is 45.8 cm³/mol. The van der Waals surface area contributed by atoms with Crippen LogP contribution in [0.4, 0.5) is 5.82 Å². The van der Waals surface area contributed by atoms with Crippen LogP contribution < -0.4 is 11.3 Å². The zero-order valence-corrected chi connectivity index (χ0v) is 6.87. The van der Waals surface area contributed by atoms with Crippen LogP contribution in [0.2, 0.25) is 0 Å². The molecule has 0 aromatic carbocycles. The molecule has 2 atom stereocenters. The average Bonchev–Trinajstić information content (AvgIpc) is 2.64. The van der Waals surface area contributed by atoms with Crippen molar-refractivity contribution < 1.29 is 0 Å². The Bertz CT molecular complexity index is 358. The number of H-pyrrole nitrogens is 1. The van der Waals surface area contributed by atoms with Crippen LogP contribution in [0.5, 0.6) is 0 Å². The number of nitrogens with one attached hydrogen (secondary N) is 1. The highest BCUT2D eigenvalue weighted by atomic mass is 16.1. The van der Waals surface area contributed by atoms with E-state index in [0.29, 0.717) is 17.7 Å². The van der Waals surface area contributed by atoms with Gasteiger partial charge in [0.2, 0.25) is 0 Å². The number of anilines is 1. The van der Waals surface area contributed by atoms with Crippen LogP contribution in [0.25, 0.3) is 0 Å². The topological polar surface area (TPSA) is 71.8 Å². The third-order valence-electron chi connectivity index (χ3n) is 2.24. The van der Waals surface area contributed by atoms with E-state index in [9.17, 15) is 4.79 Å². The molecule has 0 amide bonds. The minimum absolute atomic E-state index is 0.156. The molecule has 1 aromatic rings. The molecule has 64 valence electrons. The number of hydrogen-bond acceptors (Lipinski definition) is 3. The van der Waals surface area contributed by atoms with Crippen molar-refractivity contribution in [3.63, 3.8) is 0 Å². The van der Waals surface area contributed by atoms with Gasteiger partial charge in [0.15, 0.2) is 0 Å². The van der Waals surface area contributed by atoms with E-state index in [-0.39, 0.29) is 5.56 Å². The lowest BCUT2D eigenvalue weighted by Gasteiger charge is -1.97. The van der Waals surface area contributed by atoms with Gasteiger partial charge < -0.3 is 10.7 Å². The zero-order chi connectivity index (χ0) is 8.72. The van der Waals surface area contributed by atoms with E-state index >= 15 is 0 Å². The fourth-order valence-corrected chi connectivity index (χ4v) is 1.37. The monoisotopic (exact) mass is 165 g/mol. The summed E-state index contributed by atoms with van der Waals surface area (Å²) in [5.74, 6) is 2.11. The fourth-order valence-electron chi connectivity index (χ4n) is 1.37. The van der Waals surface area contributed by atoms with Crippen molar-refractivity contribution in [3.8, 4) is 0 Å². The number of aromatic nitrogens is 2. The highest BCUT2D eigenvalue weighted by Crippen LogP contribution is 2.44. The first-order chi connectivity index (χ1) is 5.66. The summed E-state index contributed by atoms with van der Waals surface area (Å²) < 4.78 is 0. The van der Waals surface area contributed by atoms with Gasteiger partial charge >= 0.3 is 0 Å². The molecule has 1 saturated carbocycles. The number of rotatable bonds is 1. The summed E-state index contributed by atoms with van der Waals surface area (Å²) in [5.41, 5.74) is 5.28.